The SMILES string of the molecule is O=C(NCCC1CCNCC1)C1CCC(F)(F)CC1. The summed E-state index contributed by atoms with van der Waals surface area (Å²) < 4.78 is 26.0. The summed E-state index contributed by atoms with van der Waals surface area (Å²) in [6.45, 7) is 2.82. The Morgan fingerprint density at radius 1 is 1.16 bits per heavy atom. The fraction of sp³-hybridized carbons (Fsp3) is 0.929. The zero-order valence-corrected chi connectivity index (χ0v) is 11.4. The number of carbonyl (C=O) groups excluding carboxylic acids is 1. The maximum Gasteiger partial charge on any atom is 0.248 e. The first kappa shape index (κ1) is 14.7. The van der Waals surface area contributed by atoms with Crippen LogP contribution in [0.5, 0.6) is 0 Å². The summed E-state index contributed by atoms with van der Waals surface area (Å²) in [6.07, 6.45) is 3.73. The molecule has 0 aromatic carbocycles. The van der Waals surface area contributed by atoms with Crippen molar-refractivity contribution in [3.63, 3.8) is 0 Å². The van der Waals surface area contributed by atoms with Crippen molar-refractivity contribution >= 4 is 5.91 Å². The molecule has 5 heteroatoms. The molecule has 3 nitrogen and oxygen atoms in total. The standard InChI is InChI=1S/C14H24F2N2O/c15-14(16)6-1-12(2-7-14)13(19)18-10-5-11-3-8-17-9-4-11/h11-12,17H,1-10H2,(H,18,19). The zero-order valence-electron chi connectivity index (χ0n) is 11.4. The molecule has 110 valence electrons. The summed E-state index contributed by atoms with van der Waals surface area (Å²) in [4.78, 5) is 11.9. The number of piperidine rings is 1. The molecule has 1 heterocycles. The largest absolute Gasteiger partial charge is 0.356 e. The van der Waals surface area contributed by atoms with E-state index in [1.165, 1.54) is 12.8 Å². The second-order valence-corrected chi connectivity index (χ2v) is 5.90. The van der Waals surface area contributed by atoms with Gasteiger partial charge in [0.1, 0.15) is 0 Å². The van der Waals surface area contributed by atoms with Gasteiger partial charge in [0, 0.05) is 25.3 Å². The minimum Gasteiger partial charge on any atom is -0.356 e. The van der Waals surface area contributed by atoms with Crippen LogP contribution < -0.4 is 10.6 Å². The van der Waals surface area contributed by atoms with Crippen molar-refractivity contribution in [3.8, 4) is 0 Å². The molecule has 1 aliphatic carbocycles. The van der Waals surface area contributed by atoms with E-state index >= 15 is 0 Å². The average Bonchev–Trinajstić information content (AvgIpc) is 2.39. The molecule has 2 rings (SSSR count). The van der Waals surface area contributed by atoms with Gasteiger partial charge in [-0.2, -0.15) is 0 Å². The van der Waals surface area contributed by atoms with Gasteiger partial charge in [-0.25, -0.2) is 8.78 Å². The first-order valence-electron chi connectivity index (χ1n) is 7.43. The molecule has 0 unspecified atom stereocenters. The molecule has 0 aromatic rings. The van der Waals surface area contributed by atoms with Crippen LogP contribution in [0.3, 0.4) is 0 Å². The van der Waals surface area contributed by atoms with Crippen molar-refractivity contribution < 1.29 is 13.6 Å². The molecule has 2 aliphatic rings. The lowest BCUT2D eigenvalue weighted by atomic mass is 9.86. The van der Waals surface area contributed by atoms with Crippen LogP contribution in [0.15, 0.2) is 0 Å². The van der Waals surface area contributed by atoms with Gasteiger partial charge in [-0.15, -0.1) is 0 Å². The Balaban J connectivity index is 1.62. The van der Waals surface area contributed by atoms with Crippen LogP contribution in [0.2, 0.25) is 0 Å². The molecular formula is C14H24F2N2O. The topological polar surface area (TPSA) is 41.1 Å². The third-order valence-electron chi connectivity index (χ3n) is 4.40. The van der Waals surface area contributed by atoms with E-state index in [0.29, 0.717) is 25.3 Å². The predicted molar refractivity (Wildman–Crippen MR) is 70.1 cm³/mol. The number of hydrogen-bond acceptors (Lipinski definition) is 2. The third kappa shape index (κ3) is 4.71. The van der Waals surface area contributed by atoms with Crippen molar-refractivity contribution in [1.29, 1.82) is 0 Å². The number of hydrogen-bond donors (Lipinski definition) is 2. The summed E-state index contributed by atoms with van der Waals surface area (Å²) in [6, 6.07) is 0. The normalized spacial score (nSPS) is 25.2. The van der Waals surface area contributed by atoms with Crippen LogP contribution in [0.25, 0.3) is 0 Å². The van der Waals surface area contributed by atoms with Crippen molar-refractivity contribution in [1.82, 2.24) is 10.6 Å². The highest BCUT2D eigenvalue weighted by Crippen LogP contribution is 2.36. The second kappa shape index (κ2) is 6.64. The van der Waals surface area contributed by atoms with E-state index in [2.05, 4.69) is 10.6 Å². The van der Waals surface area contributed by atoms with E-state index in [0.717, 1.165) is 19.5 Å². The van der Waals surface area contributed by atoms with E-state index in [9.17, 15) is 13.6 Å². The van der Waals surface area contributed by atoms with Gasteiger partial charge in [0.05, 0.1) is 0 Å². The summed E-state index contributed by atoms with van der Waals surface area (Å²) in [5.41, 5.74) is 0. The summed E-state index contributed by atoms with van der Waals surface area (Å²) >= 11 is 0. The van der Waals surface area contributed by atoms with E-state index < -0.39 is 5.92 Å². The van der Waals surface area contributed by atoms with Crippen molar-refractivity contribution in [3.05, 3.63) is 0 Å². The van der Waals surface area contributed by atoms with Crippen molar-refractivity contribution in [2.75, 3.05) is 19.6 Å². The van der Waals surface area contributed by atoms with Crippen molar-refractivity contribution in [2.45, 2.75) is 50.9 Å². The van der Waals surface area contributed by atoms with Gasteiger partial charge in [-0.1, -0.05) is 0 Å². The van der Waals surface area contributed by atoms with Crippen LogP contribution in [-0.2, 0) is 4.79 Å². The molecule has 0 spiro atoms. The number of rotatable bonds is 4. The smallest absolute Gasteiger partial charge is 0.248 e. The van der Waals surface area contributed by atoms with Crippen molar-refractivity contribution in [2.24, 2.45) is 11.8 Å². The molecule has 0 bridgehead atoms. The average molecular weight is 274 g/mol. The Labute approximate surface area is 113 Å². The van der Waals surface area contributed by atoms with Gasteiger partial charge >= 0.3 is 0 Å². The van der Waals surface area contributed by atoms with Crippen LogP contribution in [0.1, 0.15) is 44.9 Å². The van der Waals surface area contributed by atoms with E-state index in [-0.39, 0.29) is 24.7 Å². The minimum atomic E-state index is -2.55. The number of halogens is 2. The molecule has 2 N–H and O–H groups in total. The first-order valence-corrected chi connectivity index (χ1v) is 7.43. The lowest BCUT2D eigenvalue weighted by Gasteiger charge is -2.28. The minimum absolute atomic E-state index is 0.0237. The summed E-state index contributed by atoms with van der Waals surface area (Å²) in [5, 5.41) is 6.24. The van der Waals surface area contributed by atoms with E-state index in [1.807, 2.05) is 0 Å². The molecule has 1 saturated heterocycles. The Bertz CT molecular complexity index is 294. The Morgan fingerprint density at radius 2 is 1.79 bits per heavy atom. The highest BCUT2D eigenvalue weighted by atomic mass is 19.3. The number of amides is 1. The van der Waals surface area contributed by atoms with Gasteiger partial charge in [0.15, 0.2) is 0 Å². The van der Waals surface area contributed by atoms with Crippen LogP contribution in [0.4, 0.5) is 8.78 Å². The monoisotopic (exact) mass is 274 g/mol. The Morgan fingerprint density at radius 3 is 2.42 bits per heavy atom. The molecule has 0 aromatic heterocycles. The van der Waals surface area contributed by atoms with Crippen LogP contribution in [0, 0.1) is 11.8 Å². The number of alkyl halides is 2. The predicted octanol–water partition coefficient (Wildman–Crippen LogP) is 2.32. The highest BCUT2D eigenvalue weighted by molar-refractivity contribution is 5.78. The molecule has 0 atom stereocenters. The van der Waals surface area contributed by atoms with Crippen LogP contribution >= 0.6 is 0 Å². The summed E-state index contributed by atoms with van der Waals surface area (Å²) in [5.74, 6) is -2.08. The molecule has 19 heavy (non-hydrogen) atoms. The van der Waals surface area contributed by atoms with Gasteiger partial charge in [-0.05, 0) is 51.1 Å². The van der Waals surface area contributed by atoms with E-state index in [4.69, 9.17) is 0 Å². The first-order chi connectivity index (χ1) is 9.07. The second-order valence-electron chi connectivity index (χ2n) is 5.90. The van der Waals surface area contributed by atoms with Gasteiger partial charge in [0.2, 0.25) is 11.8 Å². The molecule has 2 fully saturated rings. The van der Waals surface area contributed by atoms with Crippen LogP contribution in [-0.4, -0.2) is 31.5 Å². The highest BCUT2D eigenvalue weighted by Gasteiger charge is 2.37. The Hall–Kier alpha value is -0.710. The fourth-order valence-corrected chi connectivity index (χ4v) is 3.02. The lowest BCUT2D eigenvalue weighted by Crippen LogP contribution is -2.37. The zero-order chi connectivity index (χ0) is 13.7. The molecule has 1 saturated carbocycles. The van der Waals surface area contributed by atoms with E-state index in [1.54, 1.807) is 0 Å². The maximum atomic E-state index is 13.0. The lowest BCUT2D eigenvalue weighted by molar-refractivity contribution is -0.129. The third-order valence-corrected chi connectivity index (χ3v) is 4.40. The quantitative estimate of drug-likeness (QED) is 0.826. The van der Waals surface area contributed by atoms with Gasteiger partial charge < -0.3 is 10.6 Å². The Kier molecular flexibility index (Phi) is 5.13. The maximum absolute atomic E-state index is 13.0. The number of carbonyl (C=O) groups is 1. The van der Waals surface area contributed by atoms with Gasteiger partial charge in [0.25, 0.3) is 0 Å². The molecule has 0 radical (unpaired) electrons. The fourth-order valence-electron chi connectivity index (χ4n) is 3.02. The molecular weight excluding hydrogens is 250 g/mol. The van der Waals surface area contributed by atoms with Gasteiger partial charge in [-0.3, -0.25) is 4.79 Å². The molecule has 1 amide bonds. The summed E-state index contributed by atoms with van der Waals surface area (Å²) in [7, 11) is 0. The molecule has 1 aliphatic heterocycles. The number of nitrogens with one attached hydrogen (secondary N) is 2.